The van der Waals surface area contributed by atoms with Crippen LogP contribution in [0.4, 0.5) is 4.39 Å². The van der Waals surface area contributed by atoms with Crippen molar-refractivity contribution in [2.45, 2.75) is 49.9 Å². The standard InChI is InChI=1S/C25H33FN2O3S/c1-31-19-3-7-24-22(15-19)21(8-10-27-24)23(26)6-2-17-9-11-28(12-13-32-20-4-5-20)16-18(17)14-25(29)30/h3,7-8,10,15,17-18,20,23H,2,4-6,9,11-14,16H2,1H3,(H,29,30)/t17-,18+,23+/m1/s1. The average molecular weight is 461 g/mol. The predicted octanol–water partition coefficient (Wildman–Crippen LogP) is 5.34. The molecule has 3 atom stereocenters. The maximum absolute atomic E-state index is 15.4. The number of carbonyl (C=O) groups is 1. The molecule has 7 heteroatoms. The summed E-state index contributed by atoms with van der Waals surface area (Å²) < 4.78 is 20.7. The van der Waals surface area contributed by atoms with Crippen LogP contribution >= 0.6 is 11.8 Å². The number of alkyl halides is 1. The molecule has 0 radical (unpaired) electrons. The molecule has 0 spiro atoms. The molecular formula is C25H33FN2O3S. The Morgan fingerprint density at radius 2 is 2.16 bits per heavy atom. The quantitative estimate of drug-likeness (QED) is 0.488. The van der Waals surface area contributed by atoms with Gasteiger partial charge in [-0.15, -0.1) is 0 Å². The van der Waals surface area contributed by atoms with Crippen molar-refractivity contribution < 1.29 is 19.0 Å². The molecule has 174 valence electrons. The molecule has 1 aliphatic carbocycles. The van der Waals surface area contributed by atoms with E-state index in [1.165, 1.54) is 12.8 Å². The fourth-order valence-electron chi connectivity index (χ4n) is 4.84. The summed E-state index contributed by atoms with van der Waals surface area (Å²) in [6.07, 6.45) is 5.46. The molecule has 2 fully saturated rings. The van der Waals surface area contributed by atoms with Gasteiger partial charge in [-0.3, -0.25) is 9.78 Å². The molecule has 2 heterocycles. The van der Waals surface area contributed by atoms with E-state index in [2.05, 4.69) is 9.88 Å². The molecule has 1 saturated carbocycles. The van der Waals surface area contributed by atoms with Gasteiger partial charge in [0.25, 0.3) is 0 Å². The number of pyridine rings is 1. The number of benzene rings is 1. The van der Waals surface area contributed by atoms with Gasteiger partial charge in [0.15, 0.2) is 0 Å². The molecular weight excluding hydrogens is 427 g/mol. The Kier molecular flexibility index (Phi) is 7.89. The number of carboxylic acids is 1. The van der Waals surface area contributed by atoms with Crippen LogP contribution < -0.4 is 4.74 Å². The minimum absolute atomic E-state index is 0.0913. The lowest BCUT2D eigenvalue weighted by Crippen LogP contribution is -2.42. The number of piperidine rings is 1. The van der Waals surface area contributed by atoms with Crippen molar-refractivity contribution in [3.8, 4) is 5.75 Å². The van der Waals surface area contributed by atoms with E-state index in [1.807, 2.05) is 30.0 Å². The highest BCUT2D eigenvalue weighted by Gasteiger charge is 2.32. The molecule has 2 aromatic rings. The first kappa shape index (κ1) is 23.3. The Hall–Kier alpha value is -1.86. The second-order valence-electron chi connectivity index (χ2n) is 9.11. The third-order valence-electron chi connectivity index (χ3n) is 6.81. The van der Waals surface area contributed by atoms with Gasteiger partial charge in [-0.1, -0.05) is 0 Å². The molecule has 5 nitrogen and oxygen atoms in total. The predicted molar refractivity (Wildman–Crippen MR) is 127 cm³/mol. The summed E-state index contributed by atoms with van der Waals surface area (Å²) in [5, 5.41) is 11.1. The highest BCUT2D eigenvalue weighted by atomic mass is 32.2. The highest BCUT2D eigenvalue weighted by molar-refractivity contribution is 8.00. The number of hydrogen-bond donors (Lipinski definition) is 1. The van der Waals surface area contributed by atoms with E-state index in [9.17, 15) is 9.90 Å². The van der Waals surface area contributed by atoms with Crippen LogP contribution in [0, 0.1) is 11.8 Å². The second kappa shape index (κ2) is 10.8. The molecule has 0 unspecified atom stereocenters. The van der Waals surface area contributed by atoms with Gasteiger partial charge in [0.1, 0.15) is 11.9 Å². The van der Waals surface area contributed by atoms with Gasteiger partial charge in [0, 0.05) is 42.1 Å². The topological polar surface area (TPSA) is 62.7 Å². The smallest absolute Gasteiger partial charge is 0.303 e. The monoisotopic (exact) mass is 460 g/mol. The van der Waals surface area contributed by atoms with E-state index in [0.29, 0.717) is 24.2 Å². The number of aliphatic carboxylic acids is 1. The normalized spacial score (nSPS) is 22.7. The molecule has 1 N–H and O–H groups in total. The minimum atomic E-state index is -1.11. The van der Waals surface area contributed by atoms with Crippen LogP contribution in [-0.4, -0.2) is 58.7 Å². The van der Waals surface area contributed by atoms with Crippen LogP contribution in [0.1, 0.15) is 50.3 Å². The Balaban J connectivity index is 1.37. The fourth-order valence-corrected chi connectivity index (χ4v) is 6.01. The Labute approximate surface area is 193 Å². The van der Waals surface area contributed by atoms with Gasteiger partial charge in [-0.05, 0) is 80.3 Å². The molecule has 2 aliphatic rings. The van der Waals surface area contributed by atoms with E-state index in [1.54, 1.807) is 19.4 Å². The van der Waals surface area contributed by atoms with Crippen LogP contribution in [0.5, 0.6) is 5.75 Å². The molecule has 1 aliphatic heterocycles. The van der Waals surface area contributed by atoms with Gasteiger partial charge in [-0.2, -0.15) is 11.8 Å². The van der Waals surface area contributed by atoms with E-state index in [-0.39, 0.29) is 18.3 Å². The van der Waals surface area contributed by atoms with Crippen molar-refractivity contribution in [3.63, 3.8) is 0 Å². The Morgan fingerprint density at radius 3 is 2.91 bits per heavy atom. The van der Waals surface area contributed by atoms with Crippen molar-refractivity contribution in [2.24, 2.45) is 11.8 Å². The third-order valence-corrected chi connectivity index (χ3v) is 8.17. The number of rotatable bonds is 11. The summed E-state index contributed by atoms with van der Waals surface area (Å²) in [4.78, 5) is 18.2. The van der Waals surface area contributed by atoms with Crippen molar-refractivity contribution >= 4 is 28.6 Å². The summed E-state index contributed by atoms with van der Waals surface area (Å²) in [5.41, 5.74) is 1.39. The van der Waals surface area contributed by atoms with E-state index >= 15 is 4.39 Å². The van der Waals surface area contributed by atoms with E-state index in [4.69, 9.17) is 4.74 Å². The number of aromatic nitrogens is 1. The molecule has 4 rings (SSSR count). The van der Waals surface area contributed by atoms with Crippen molar-refractivity contribution in [1.82, 2.24) is 9.88 Å². The third kappa shape index (κ3) is 6.13. The summed E-state index contributed by atoms with van der Waals surface area (Å²) >= 11 is 2.05. The largest absolute Gasteiger partial charge is 0.497 e. The van der Waals surface area contributed by atoms with Gasteiger partial charge in [-0.25, -0.2) is 4.39 Å². The summed E-state index contributed by atoms with van der Waals surface area (Å²) in [6, 6.07) is 7.28. The van der Waals surface area contributed by atoms with Gasteiger partial charge >= 0.3 is 5.97 Å². The summed E-state index contributed by atoms with van der Waals surface area (Å²) in [7, 11) is 1.60. The minimum Gasteiger partial charge on any atom is -0.497 e. The number of nitrogens with zero attached hydrogens (tertiary/aromatic N) is 2. The van der Waals surface area contributed by atoms with Crippen molar-refractivity contribution in [3.05, 3.63) is 36.0 Å². The van der Waals surface area contributed by atoms with Crippen LogP contribution in [0.3, 0.4) is 0 Å². The number of carboxylic acid groups (broad SMARTS) is 1. The van der Waals surface area contributed by atoms with Crippen LogP contribution in [0.15, 0.2) is 30.5 Å². The molecule has 0 bridgehead atoms. The summed E-state index contributed by atoms with van der Waals surface area (Å²) in [5.74, 6) is 1.40. The number of ether oxygens (including phenoxy) is 1. The number of hydrogen-bond acceptors (Lipinski definition) is 5. The first-order valence-electron chi connectivity index (χ1n) is 11.7. The summed E-state index contributed by atoms with van der Waals surface area (Å²) in [6.45, 7) is 2.83. The number of methoxy groups -OCH3 is 1. The highest BCUT2D eigenvalue weighted by Crippen LogP contribution is 2.37. The van der Waals surface area contributed by atoms with Gasteiger partial charge in [0.2, 0.25) is 0 Å². The van der Waals surface area contributed by atoms with E-state index in [0.717, 1.165) is 48.0 Å². The maximum Gasteiger partial charge on any atom is 0.303 e. The van der Waals surface area contributed by atoms with Gasteiger partial charge < -0.3 is 14.7 Å². The lowest BCUT2D eigenvalue weighted by Gasteiger charge is -2.38. The zero-order valence-electron chi connectivity index (χ0n) is 18.7. The molecule has 32 heavy (non-hydrogen) atoms. The number of likely N-dealkylation sites (tertiary alicyclic amines) is 1. The number of thioether (sulfide) groups is 1. The SMILES string of the molecule is COc1ccc2nccc([C@@H](F)CC[C@@H]3CCN(CCSC4CC4)C[C@@H]3CC(=O)O)c2c1. The van der Waals surface area contributed by atoms with Gasteiger partial charge in [0.05, 0.1) is 12.6 Å². The lowest BCUT2D eigenvalue weighted by molar-refractivity contribution is -0.139. The zero-order valence-corrected chi connectivity index (χ0v) is 19.5. The van der Waals surface area contributed by atoms with Crippen molar-refractivity contribution in [2.75, 3.05) is 32.5 Å². The second-order valence-corrected chi connectivity index (χ2v) is 10.5. The number of fused-ring (bicyclic) bond motifs is 1. The van der Waals surface area contributed by atoms with Crippen LogP contribution in [-0.2, 0) is 4.79 Å². The first-order chi connectivity index (χ1) is 15.5. The number of halogens is 1. The zero-order chi connectivity index (χ0) is 22.5. The lowest BCUT2D eigenvalue weighted by atomic mass is 9.79. The molecule has 0 amide bonds. The van der Waals surface area contributed by atoms with Crippen LogP contribution in [0.2, 0.25) is 0 Å². The van der Waals surface area contributed by atoms with E-state index < -0.39 is 12.1 Å². The molecule has 1 saturated heterocycles. The average Bonchev–Trinajstić information content (AvgIpc) is 3.61. The molecule has 1 aromatic carbocycles. The molecule has 1 aromatic heterocycles. The van der Waals surface area contributed by atoms with Crippen LogP contribution in [0.25, 0.3) is 10.9 Å². The first-order valence-corrected chi connectivity index (χ1v) is 12.7. The Morgan fingerprint density at radius 1 is 1.31 bits per heavy atom. The maximum atomic E-state index is 15.4. The Bertz CT molecular complexity index is 923. The fraction of sp³-hybridized carbons (Fsp3) is 0.600. The van der Waals surface area contributed by atoms with Crippen molar-refractivity contribution in [1.29, 1.82) is 0 Å².